The lowest BCUT2D eigenvalue weighted by Gasteiger charge is -2.14. The van der Waals surface area contributed by atoms with Crippen molar-refractivity contribution < 1.29 is 14.7 Å². The SMILES string of the molecule is Cc1ccc(C(O)=C2C(=O)C(=O)N[C@@H]2c2ccc(C)cc2)cc1. The fourth-order valence-electron chi connectivity index (χ4n) is 2.64. The highest BCUT2D eigenvalue weighted by Crippen LogP contribution is 2.32. The Morgan fingerprint density at radius 1 is 0.913 bits per heavy atom. The first-order valence-corrected chi connectivity index (χ1v) is 7.39. The number of ketones is 1. The normalized spacial score (nSPS) is 19.7. The van der Waals surface area contributed by atoms with Crippen LogP contribution >= 0.6 is 0 Å². The van der Waals surface area contributed by atoms with Crippen LogP contribution in [0.2, 0.25) is 0 Å². The van der Waals surface area contributed by atoms with Crippen molar-refractivity contribution in [3.63, 3.8) is 0 Å². The molecule has 0 saturated carbocycles. The molecule has 116 valence electrons. The summed E-state index contributed by atoms with van der Waals surface area (Å²) in [7, 11) is 0. The first-order chi connectivity index (χ1) is 11.0. The van der Waals surface area contributed by atoms with Crippen LogP contribution in [0.5, 0.6) is 0 Å². The first kappa shape index (κ1) is 15.0. The van der Waals surface area contributed by atoms with E-state index in [0.717, 1.165) is 16.7 Å². The number of aliphatic hydroxyl groups is 1. The van der Waals surface area contributed by atoms with Gasteiger partial charge in [0.1, 0.15) is 5.76 Å². The van der Waals surface area contributed by atoms with E-state index in [0.29, 0.717) is 5.56 Å². The van der Waals surface area contributed by atoms with E-state index >= 15 is 0 Å². The molecule has 0 radical (unpaired) electrons. The number of aliphatic hydroxyl groups excluding tert-OH is 1. The molecule has 4 nitrogen and oxygen atoms in total. The van der Waals surface area contributed by atoms with E-state index in [2.05, 4.69) is 5.32 Å². The van der Waals surface area contributed by atoms with E-state index < -0.39 is 17.7 Å². The maximum absolute atomic E-state index is 12.2. The first-order valence-electron chi connectivity index (χ1n) is 7.39. The molecule has 3 rings (SSSR count). The molecule has 0 unspecified atom stereocenters. The van der Waals surface area contributed by atoms with E-state index in [1.165, 1.54) is 0 Å². The highest BCUT2D eigenvalue weighted by atomic mass is 16.3. The minimum atomic E-state index is -0.691. The summed E-state index contributed by atoms with van der Waals surface area (Å²) >= 11 is 0. The van der Waals surface area contributed by atoms with Crippen molar-refractivity contribution in [2.75, 3.05) is 0 Å². The summed E-state index contributed by atoms with van der Waals surface area (Å²) in [6.45, 7) is 3.90. The Kier molecular flexibility index (Phi) is 3.74. The molecule has 2 aromatic rings. The highest BCUT2D eigenvalue weighted by molar-refractivity contribution is 6.46. The summed E-state index contributed by atoms with van der Waals surface area (Å²) in [6, 6.07) is 14.1. The maximum Gasteiger partial charge on any atom is 0.293 e. The maximum atomic E-state index is 12.2. The van der Waals surface area contributed by atoms with Gasteiger partial charge in [-0.25, -0.2) is 0 Å². The third kappa shape index (κ3) is 2.75. The Labute approximate surface area is 134 Å². The Balaban J connectivity index is 2.10. The smallest absolute Gasteiger partial charge is 0.293 e. The second-order valence-corrected chi connectivity index (χ2v) is 5.77. The molecule has 4 heteroatoms. The molecule has 1 heterocycles. The van der Waals surface area contributed by atoms with Crippen LogP contribution in [0.4, 0.5) is 0 Å². The molecule has 0 aromatic heterocycles. The molecule has 1 saturated heterocycles. The molecule has 1 aliphatic rings. The van der Waals surface area contributed by atoms with Crippen LogP contribution in [0.15, 0.2) is 54.1 Å². The molecule has 0 bridgehead atoms. The van der Waals surface area contributed by atoms with E-state index in [4.69, 9.17) is 0 Å². The molecule has 2 aromatic carbocycles. The molecule has 2 N–H and O–H groups in total. The number of rotatable bonds is 2. The zero-order valence-electron chi connectivity index (χ0n) is 13.0. The van der Waals surface area contributed by atoms with Gasteiger partial charge in [0.2, 0.25) is 0 Å². The van der Waals surface area contributed by atoms with Crippen molar-refractivity contribution in [3.8, 4) is 0 Å². The summed E-state index contributed by atoms with van der Waals surface area (Å²) < 4.78 is 0. The van der Waals surface area contributed by atoms with Gasteiger partial charge in [-0.3, -0.25) is 9.59 Å². The number of aryl methyl sites for hydroxylation is 2. The molecular formula is C19H17NO3. The molecular weight excluding hydrogens is 290 g/mol. The summed E-state index contributed by atoms with van der Waals surface area (Å²) in [5.74, 6) is -1.53. The second kappa shape index (κ2) is 5.72. The summed E-state index contributed by atoms with van der Waals surface area (Å²) in [6.07, 6.45) is 0. The van der Waals surface area contributed by atoms with Crippen molar-refractivity contribution in [1.29, 1.82) is 0 Å². The van der Waals surface area contributed by atoms with Crippen molar-refractivity contribution in [2.24, 2.45) is 0 Å². The molecule has 1 atom stereocenters. The van der Waals surface area contributed by atoms with Crippen molar-refractivity contribution >= 4 is 17.4 Å². The third-order valence-electron chi connectivity index (χ3n) is 4.01. The van der Waals surface area contributed by atoms with Gasteiger partial charge >= 0.3 is 0 Å². The average Bonchev–Trinajstić information content (AvgIpc) is 2.84. The Bertz CT molecular complexity index is 802. The number of benzene rings is 2. The number of carbonyl (C=O) groups excluding carboxylic acids is 2. The molecule has 1 fully saturated rings. The molecule has 1 amide bonds. The number of carbonyl (C=O) groups is 2. The predicted octanol–water partition coefficient (Wildman–Crippen LogP) is 3.01. The van der Waals surface area contributed by atoms with Gasteiger partial charge in [-0.15, -0.1) is 0 Å². The van der Waals surface area contributed by atoms with Gasteiger partial charge < -0.3 is 10.4 Å². The second-order valence-electron chi connectivity index (χ2n) is 5.77. The monoisotopic (exact) mass is 307 g/mol. The predicted molar refractivity (Wildman–Crippen MR) is 87.8 cm³/mol. The van der Waals surface area contributed by atoms with Gasteiger partial charge in [0, 0.05) is 5.56 Å². The lowest BCUT2D eigenvalue weighted by molar-refractivity contribution is -0.133. The lowest BCUT2D eigenvalue weighted by Crippen LogP contribution is -2.21. The van der Waals surface area contributed by atoms with Gasteiger partial charge in [-0.1, -0.05) is 59.7 Å². The molecule has 0 aliphatic carbocycles. The topological polar surface area (TPSA) is 66.4 Å². The quantitative estimate of drug-likeness (QED) is 0.509. The summed E-state index contributed by atoms with van der Waals surface area (Å²) in [5, 5.41) is 13.2. The standard InChI is InChI=1S/C19H17NO3/c1-11-3-7-13(8-4-11)16-15(18(22)19(23)20-16)17(21)14-9-5-12(2)6-10-14/h3-10,16,21H,1-2H3,(H,20,23)/t16-/m1/s1. The van der Waals surface area contributed by atoms with Gasteiger partial charge in [-0.05, 0) is 19.4 Å². The lowest BCUT2D eigenvalue weighted by atomic mass is 9.95. The van der Waals surface area contributed by atoms with E-state index in [-0.39, 0.29) is 11.3 Å². The zero-order chi connectivity index (χ0) is 16.6. The van der Waals surface area contributed by atoms with E-state index in [1.807, 2.05) is 50.2 Å². The van der Waals surface area contributed by atoms with Crippen LogP contribution < -0.4 is 5.32 Å². The minimum absolute atomic E-state index is 0.0997. The van der Waals surface area contributed by atoms with Crippen molar-refractivity contribution in [2.45, 2.75) is 19.9 Å². The Morgan fingerprint density at radius 3 is 2.00 bits per heavy atom. The zero-order valence-corrected chi connectivity index (χ0v) is 13.0. The van der Waals surface area contributed by atoms with Crippen molar-refractivity contribution in [3.05, 3.63) is 76.4 Å². The Morgan fingerprint density at radius 2 is 1.43 bits per heavy atom. The number of nitrogens with one attached hydrogen (secondary N) is 1. The van der Waals surface area contributed by atoms with Crippen LogP contribution in [0, 0.1) is 13.8 Å². The summed E-state index contributed by atoms with van der Waals surface area (Å²) in [5.41, 5.74) is 3.52. The van der Waals surface area contributed by atoms with Crippen LogP contribution in [0.25, 0.3) is 5.76 Å². The van der Waals surface area contributed by atoms with Crippen LogP contribution in [-0.4, -0.2) is 16.8 Å². The largest absolute Gasteiger partial charge is 0.507 e. The summed E-state index contributed by atoms with van der Waals surface area (Å²) in [4.78, 5) is 24.0. The number of hydrogen-bond acceptors (Lipinski definition) is 3. The third-order valence-corrected chi connectivity index (χ3v) is 4.01. The van der Waals surface area contributed by atoms with E-state index in [1.54, 1.807) is 12.1 Å². The van der Waals surface area contributed by atoms with Crippen molar-refractivity contribution in [1.82, 2.24) is 5.32 Å². The number of amides is 1. The van der Waals surface area contributed by atoms with Crippen LogP contribution in [-0.2, 0) is 9.59 Å². The molecule has 1 aliphatic heterocycles. The van der Waals surface area contributed by atoms with E-state index in [9.17, 15) is 14.7 Å². The molecule has 23 heavy (non-hydrogen) atoms. The Hall–Kier alpha value is -2.88. The average molecular weight is 307 g/mol. The fourth-order valence-corrected chi connectivity index (χ4v) is 2.64. The van der Waals surface area contributed by atoms with Crippen LogP contribution in [0.3, 0.4) is 0 Å². The number of Topliss-reactive ketones (excluding diaryl/α,β-unsaturated/α-hetero) is 1. The van der Waals surface area contributed by atoms with Gasteiger partial charge in [0.15, 0.2) is 0 Å². The van der Waals surface area contributed by atoms with Gasteiger partial charge in [0.05, 0.1) is 11.6 Å². The van der Waals surface area contributed by atoms with Gasteiger partial charge in [0.25, 0.3) is 11.7 Å². The fraction of sp³-hybridized carbons (Fsp3) is 0.158. The molecule has 0 spiro atoms. The highest BCUT2D eigenvalue weighted by Gasteiger charge is 2.39. The van der Waals surface area contributed by atoms with Gasteiger partial charge in [-0.2, -0.15) is 0 Å². The van der Waals surface area contributed by atoms with Crippen LogP contribution in [0.1, 0.15) is 28.3 Å². The number of hydrogen-bond donors (Lipinski definition) is 2. The minimum Gasteiger partial charge on any atom is -0.507 e.